The maximum atomic E-state index is 4.21. The molecule has 11 heavy (non-hydrogen) atoms. The second-order valence-electron chi connectivity index (χ2n) is 2.11. The summed E-state index contributed by atoms with van der Waals surface area (Å²) in [6.07, 6.45) is 2.75. The summed E-state index contributed by atoms with van der Waals surface area (Å²) in [4.78, 5) is 8.22. The molecule has 0 unspecified atom stereocenters. The van der Waals surface area contributed by atoms with Crippen LogP contribution in [0.15, 0.2) is 28.9 Å². The summed E-state index contributed by atoms with van der Waals surface area (Å²) in [5.74, 6) is 0. The van der Waals surface area contributed by atoms with Gasteiger partial charge < -0.3 is 0 Å². The highest BCUT2D eigenvalue weighted by atomic mass is 79.9. The van der Waals surface area contributed by atoms with Crippen molar-refractivity contribution in [2.24, 2.45) is 0 Å². The summed E-state index contributed by atoms with van der Waals surface area (Å²) in [6.45, 7) is 0. The van der Waals surface area contributed by atoms with E-state index < -0.39 is 0 Å². The highest BCUT2D eigenvalue weighted by molar-refractivity contribution is 9.10. The number of aromatic nitrogens is 2. The fraction of sp³-hybridized carbons (Fsp3) is 0. The van der Waals surface area contributed by atoms with E-state index in [-0.39, 0.29) is 0 Å². The number of pyridine rings is 2. The summed E-state index contributed by atoms with van der Waals surface area (Å²) >= 11 is 3.28. The van der Waals surface area contributed by atoms with Gasteiger partial charge in [-0.05, 0) is 40.2 Å². The fourth-order valence-electron chi connectivity index (χ4n) is 0.883. The van der Waals surface area contributed by atoms with Crippen LogP contribution in [0.4, 0.5) is 0 Å². The Kier molecular flexibility index (Phi) is 1.58. The van der Waals surface area contributed by atoms with E-state index in [1.165, 1.54) is 0 Å². The van der Waals surface area contributed by atoms with Crippen molar-refractivity contribution in [1.82, 2.24) is 9.97 Å². The number of hydrogen-bond acceptors (Lipinski definition) is 2. The van der Waals surface area contributed by atoms with Crippen molar-refractivity contribution >= 4 is 27.0 Å². The van der Waals surface area contributed by atoms with Gasteiger partial charge >= 0.3 is 0 Å². The van der Waals surface area contributed by atoms with Crippen LogP contribution in [0.5, 0.6) is 0 Å². The van der Waals surface area contributed by atoms with Crippen LogP contribution in [0.2, 0.25) is 0 Å². The first kappa shape index (κ1) is 6.73. The zero-order valence-corrected chi connectivity index (χ0v) is 7.17. The Balaban J connectivity index is 2.83. The van der Waals surface area contributed by atoms with Gasteiger partial charge in [0.1, 0.15) is 4.60 Å². The van der Waals surface area contributed by atoms with E-state index >= 15 is 0 Å². The molecule has 2 aromatic rings. The van der Waals surface area contributed by atoms with E-state index in [9.17, 15) is 0 Å². The van der Waals surface area contributed by atoms with Gasteiger partial charge in [-0.15, -0.1) is 0 Å². The summed E-state index contributed by atoms with van der Waals surface area (Å²) < 4.78 is 0.831. The molecule has 0 amide bonds. The third-order valence-corrected chi connectivity index (χ3v) is 1.81. The summed E-state index contributed by atoms with van der Waals surface area (Å²) in [5, 5.41) is 0. The van der Waals surface area contributed by atoms with Gasteiger partial charge in [-0.3, -0.25) is 0 Å². The minimum Gasteiger partial charge on any atom is -0.245 e. The number of halogens is 1. The minimum absolute atomic E-state index is 0.831. The van der Waals surface area contributed by atoms with Crippen LogP contribution < -0.4 is 0 Å². The van der Waals surface area contributed by atoms with Gasteiger partial charge in [0.2, 0.25) is 0 Å². The van der Waals surface area contributed by atoms with E-state index in [1.54, 1.807) is 6.07 Å². The van der Waals surface area contributed by atoms with Gasteiger partial charge in [0, 0.05) is 0 Å². The van der Waals surface area contributed by atoms with E-state index in [4.69, 9.17) is 0 Å². The van der Waals surface area contributed by atoms with Gasteiger partial charge in [0.25, 0.3) is 0 Å². The van der Waals surface area contributed by atoms with Gasteiger partial charge in [-0.2, -0.15) is 0 Å². The quantitative estimate of drug-likeness (QED) is 0.620. The highest BCUT2D eigenvalue weighted by Gasteiger charge is 1.93. The van der Waals surface area contributed by atoms with Crippen molar-refractivity contribution in [1.29, 1.82) is 0 Å². The number of rotatable bonds is 0. The molecule has 0 aliphatic carbocycles. The SMILES string of the molecule is Brc1ccc2n[c]ccc2n1. The molecule has 3 heteroatoms. The maximum absolute atomic E-state index is 4.21. The lowest BCUT2D eigenvalue weighted by atomic mass is 10.3. The highest BCUT2D eigenvalue weighted by Crippen LogP contribution is 2.12. The molecule has 0 aliphatic heterocycles. The number of fused-ring (bicyclic) bond motifs is 1. The first-order chi connectivity index (χ1) is 5.36. The molecule has 2 aromatic heterocycles. The van der Waals surface area contributed by atoms with E-state index in [0.717, 1.165) is 15.6 Å². The van der Waals surface area contributed by atoms with Crippen molar-refractivity contribution < 1.29 is 0 Å². The fourth-order valence-corrected chi connectivity index (χ4v) is 1.21. The molecule has 0 N–H and O–H groups in total. The van der Waals surface area contributed by atoms with Crippen molar-refractivity contribution in [3.63, 3.8) is 0 Å². The zero-order valence-electron chi connectivity index (χ0n) is 5.58. The average Bonchev–Trinajstić information content (AvgIpc) is 2.04. The van der Waals surface area contributed by atoms with Crippen LogP contribution in [0.25, 0.3) is 11.0 Å². The Morgan fingerprint density at radius 3 is 3.00 bits per heavy atom. The number of hydrogen-bond donors (Lipinski definition) is 0. The van der Waals surface area contributed by atoms with E-state index in [0.29, 0.717) is 0 Å². The van der Waals surface area contributed by atoms with Gasteiger partial charge in [0.05, 0.1) is 17.2 Å². The summed E-state index contributed by atoms with van der Waals surface area (Å²) in [6, 6.07) is 7.40. The predicted octanol–water partition coefficient (Wildman–Crippen LogP) is 2.19. The molecule has 2 nitrogen and oxygen atoms in total. The second-order valence-corrected chi connectivity index (χ2v) is 2.93. The molecule has 53 valence electrons. The molecule has 0 saturated carbocycles. The van der Waals surface area contributed by atoms with Gasteiger partial charge in [-0.1, -0.05) is 0 Å². The number of nitrogens with zero attached hydrogens (tertiary/aromatic N) is 2. The minimum atomic E-state index is 0.831. The molecular weight excluding hydrogens is 204 g/mol. The standard InChI is InChI=1S/C8H4BrN2/c9-8-4-3-6-7(11-8)2-1-5-10-6/h1-4H. The third kappa shape index (κ3) is 1.24. The van der Waals surface area contributed by atoms with E-state index in [1.807, 2.05) is 18.2 Å². The van der Waals surface area contributed by atoms with Crippen LogP contribution in [0.1, 0.15) is 0 Å². The lowest BCUT2D eigenvalue weighted by Gasteiger charge is -1.93. The molecule has 0 aromatic carbocycles. The van der Waals surface area contributed by atoms with Crippen molar-refractivity contribution in [3.05, 3.63) is 35.1 Å². The van der Waals surface area contributed by atoms with E-state index in [2.05, 4.69) is 32.1 Å². The largest absolute Gasteiger partial charge is 0.245 e. The smallest absolute Gasteiger partial charge is 0.106 e. The molecule has 0 bridgehead atoms. The maximum Gasteiger partial charge on any atom is 0.106 e. The Morgan fingerprint density at radius 1 is 1.18 bits per heavy atom. The summed E-state index contributed by atoms with van der Waals surface area (Å²) in [5.41, 5.74) is 1.76. The second kappa shape index (κ2) is 2.58. The molecule has 2 heterocycles. The molecule has 0 fully saturated rings. The first-order valence-electron chi connectivity index (χ1n) is 3.15. The van der Waals surface area contributed by atoms with Crippen LogP contribution >= 0.6 is 15.9 Å². The van der Waals surface area contributed by atoms with Crippen molar-refractivity contribution in [2.45, 2.75) is 0 Å². The van der Waals surface area contributed by atoms with Gasteiger partial charge in [0.15, 0.2) is 0 Å². The zero-order chi connectivity index (χ0) is 7.68. The Labute approximate surface area is 72.4 Å². The molecule has 0 spiro atoms. The predicted molar refractivity (Wildman–Crippen MR) is 46.1 cm³/mol. The Morgan fingerprint density at radius 2 is 2.09 bits per heavy atom. The Hall–Kier alpha value is -0.960. The first-order valence-corrected chi connectivity index (χ1v) is 3.95. The van der Waals surface area contributed by atoms with Crippen LogP contribution in [0.3, 0.4) is 0 Å². The summed E-state index contributed by atoms with van der Waals surface area (Å²) in [7, 11) is 0. The average molecular weight is 208 g/mol. The van der Waals surface area contributed by atoms with Crippen LogP contribution in [0, 0.1) is 6.20 Å². The van der Waals surface area contributed by atoms with Crippen LogP contribution in [-0.2, 0) is 0 Å². The normalized spacial score (nSPS) is 10.3. The molecule has 0 saturated heterocycles. The molecule has 2 rings (SSSR count). The van der Waals surface area contributed by atoms with Gasteiger partial charge in [-0.25, -0.2) is 9.97 Å². The molecule has 0 atom stereocenters. The molecule has 1 radical (unpaired) electrons. The van der Waals surface area contributed by atoms with Crippen molar-refractivity contribution in [3.8, 4) is 0 Å². The third-order valence-electron chi connectivity index (χ3n) is 1.37. The topological polar surface area (TPSA) is 25.8 Å². The molecule has 0 aliphatic rings. The van der Waals surface area contributed by atoms with Crippen molar-refractivity contribution in [2.75, 3.05) is 0 Å². The molecular formula is C8H4BrN2. The lowest BCUT2D eigenvalue weighted by molar-refractivity contribution is 1.30. The lowest BCUT2D eigenvalue weighted by Crippen LogP contribution is -1.81. The van der Waals surface area contributed by atoms with Crippen LogP contribution in [-0.4, -0.2) is 9.97 Å². The monoisotopic (exact) mass is 207 g/mol. The Bertz CT molecular complexity index is 387.